The summed E-state index contributed by atoms with van der Waals surface area (Å²) in [5.41, 5.74) is 1.06. The average molecular weight is 197 g/mol. The third-order valence-corrected chi connectivity index (χ3v) is 1.95. The van der Waals surface area contributed by atoms with Crippen molar-refractivity contribution in [2.75, 3.05) is 0 Å². The van der Waals surface area contributed by atoms with E-state index in [9.17, 15) is 4.39 Å². The van der Waals surface area contributed by atoms with E-state index in [1.807, 2.05) is 0 Å². The van der Waals surface area contributed by atoms with Crippen LogP contribution in [0.15, 0.2) is 30.5 Å². The van der Waals surface area contributed by atoms with Gasteiger partial charge in [-0.15, -0.1) is 0 Å². The summed E-state index contributed by atoms with van der Waals surface area (Å²) in [6, 6.07) is 6.09. The van der Waals surface area contributed by atoms with Crippen molar-refractivity contribution in [2.24, 2.45) is 0 Å². The summed E-state index contributed by atoms with van der Waals surface area (Å²) >= 11 is 5.73. The molecule has 0 amide bonds. The van der Waals surface area contributed by atoms with Crippen LogP contribution < -0.4 is 0 Å². The second-order valence-electron chi connectivity index (χ2n) is 2.59. The molecule has 0 fully saturated rings. The van der Waals surface area contributed by atoms with Crippen LogP contribution in [0.1, 0.15) is 0 Å². The molecule has 1 N–H and O–H groups in total. The molecule has 0 aliphatic heterocycles. The first-order valence-electron chi connectivity index (χ1n) is 3.72. The monoisotopic (exact) mass is 196 g/mol. The molecule has 0 radical (unpaired) electrons. The molecule has 2 aromatic rings. The fourth-order valence-electron chi connectivity index (χ4n) is 1.11. The molecule has 0 aliphatic carbocycles. The Bertz CT molecular complexity index is 412. The van der Waals surface area contributed by atoms with Gasteiger partial charge in [0.2, 0.25) is 0 Å². The molecule has 66 valence electrons. The molecule has 13 heavy (non-hydrogen) atoms. The molecule has 0 bridgehead atoms. The Morgan fingerprint density at radius 3 is 2.85 bits per heavy atom. The fraction of sp³-hybridized carbons (Fsp3) is 0. The lowest BCUT2D eigenvalue weighted by Gasteiger charge is -1.99. The number of halogens is 2. The van der Waals surface area contributed by atoms with E-state index in [-0.39, 0.29) is 5.82 Å². The molecule has 1 aromatic heterocycles. The predicted octanol–water partition coefficient (Wildman–Crippen LogP) is 2.87. The summed E-state index contributed by atoms with van der Waals surface area (Å²) in [6.45, 7) is 0. The van der Waals surface area contributed by atoms with Gasteiger partial charge in [0, 0.05) is 16.8 Å². The molecule has 0 unspecified atom stereocenters. The first kappa shape index (κ1) is 8.26. The van der Waals surface area contributed by atoms with E-state index in [0.717, 1.165) is 0 Å². The fourth-order valence-corrected chi connectivity index (χ4v) is 1.28. The molecule has 2 nitrogen and oxygen atoms in total. The highest BCUT2D eigenvalue weighted by atomic mass is 35.5. The van der Waals surface area contributed by atoms with Gasteiger partial charge in [0.05, 0.1) is 5.69 Å². The molecule has 1 aromatic carbocycles. The standard InChI is InChI=1S/C9H6ClFN2/c10-6-1-2-8(11)7(5-6)9-3-4-12-13-9/h1-5H,(H,12,13). The lowest BCUT2D eigenvalue weighted by atomic mass is 10.1. The zero-order valence-electron chi connectivity index (χ0n) is 6.59. The number of benzene rings is 1. The zero-order chi connectivity index (χ0) is 9.26. The third kappa shape index (κ3) is 1.55. The lowest BCUT2D eigenvalue weighted by Crippen LogP contribution is -1.84. The van der Waals surface area contributed by atoms with Crippen molar-refractivity contribution in [1.82, 2.24) is 10.2 Å². The van der Waals surface area contributed by atoms with Gasteiger partial charge in [0.15, 0.2) is 0 Å². The van der Waals surface area contributed by atoms with Crippen LogP contribution in [0.25, 0.3) is 11.3 Å². The van der Waals surface area contributed by atoms with Crippen LogP contribution in [0, 0.1) is 5.82 Å². The van der Waals surface area contributed by atoms with Gasteiger partial charge in [-0.05, 0) is 24.3 Å². The summed E-state index contributed by atoms with van der Waals surface area (Å²) in [7, 11) is 0. The topological polar surface area (TPSA) is 28.7 Å². The van der Waals surface area contributed by atoms with Crippen LogP contribution in [-0.4, -0.2) is 10.2 Å². The summed E-state index contributed by atoms with van der Waals surface area (Å²) in [4.78, 5) is 0. The minimum atomic E-state index is -0.311. The maximum atomic E-state index is 13.2. The molecule has 4 heteroatoms. The average Bonchev–Trinajstić information content (AvgIpc) is 2.61. The molecular formula is C9H6ClFN2. The van der Waals surface area contributed by atoms with Crippen molar-refractivity contribution >= 4 is 11.6 Å². The maximum Gasteiger partial charge on any atom is 0.132 e. The quantitative estimate of drug-likeness (QED) is 0.747. The predicted molar refractivity (Wildman–Crippen MR) is 49.0 cm³/mol. The number of hydrogen-bond donors (Lipinski definition) is 1. The van der Waals surface area contributed by atoms with Crippen LogP contribution >= 0.6 is 11.6 Å². The number of H-pyrrole nitrogens is 1. The molecule has 0 aliphatic rings. The van der Waals surface area contributed by atoms with Gasteiger partial charge in [0.25, 0.3) is 0 Å². The second-order valence-corrected chi connectivity index (χ2v) is 3.03. The van der Waals surface area contributed by atoms with Gasteiger partial charge in [-0.2, -0.15) is 5.10 Å². The first-order valence-corrected chi connectivity index (χ1v) is 4.10. The molecule has 1 heterocycles. The highest BCUT2D eigenvalue weighted by Crippen LogP contribution is 2.23. The van der Waals surface area contributed by atoms with E-state index in [1.54, 1.807) is 18.3 Å². The van der Waals surface area contributed by atoms with E-state index in [2.05, 4.69) is 10.2 Å². The Kier molecular flexibility index (Phi) is 2.02. The largest absolute Gasteiger partial charge is 0.278 e. The smallest absolute Gasteiger partial charge is 0.132 e. The minimum Gasteiger partial charge on any atom is -0.278 e. The van der Waals surface area contributed by atoms with Crippen molar-refractivity contribution < 1.29 is 4.39 Å². The van der Waals surface area contributed by atoms with Crippen LogP contribution in [0.4, 0.5) is 4.39 Å². The van der Waals surface area contributed by atoms with Gasteiger partial charge in [-0.1, -0.05) is 11.6 Å². The third-order valence-electron chi connectivity index (χ3n) is 1.72. The molecular weight excluding hydrogens is 191 g/mol. The number of nitrogens with zero attached hydrogens (tertiary/aromatic N) is 1. The summed E-state index contributed by atoms with van der Waals surface area (Å²) < 4.78 is 13.2. The van der Waals surface area contributed by atoms with Gasteiger partial charge in [-0.3, -0.25) is 5.10 Å². The molecule has 0 saturated carbocycles. The number of nitrogens with one attached hydrogen (secondary N) is 1. The van der Waals surface area contributed by atoms with E-state index >= 15 is 0 Å². The highest BCUT2D eigenvalue weighted by molar-refractivity contribution is 6.30. The molecule has 2 rings (SSSR count). The first-order chi connectivity index (χ1) is 6.27. The second kappa shape index (κ2) is 3.18. The van der Waals surface area contributed by atoms with Crippen molar-refractivity contribution in [1.29, 1.82) is 0 Å². The Morgan fingerprint density at radius 1 is 1.31 bits per heavy atom. The van der Waals surface area contributed by atoms with E-state index in [1.165, 1.54) is 12.1 Å². The Labute approximate surface area is 79.4 Å². The van der Waals surface area contributed by atoms with E-state index < -0.39 is 0 Å². The van der Waals surface area contributed by atoms with Crippen LogP contribution in [0.2, 0.25) is 5.02 Å². The maximum absolute atomic E-state index is 13.2. The van der Waals surface area contributed by atoms with Crippen LogP contribution in [-0.2, 0) is 0 Å². The Hall–Kier alpha value is -1.35. The summed E-state index contributed by atoms with van der Waals surface area (Å²) in [5.74, 6) is -0.311. The van der Waals surface area contributed by atoms with Gasteiger partial charge >= 0.3 is 0 Å². The minimum absolute atomic E-state index is 0.311. The molecule has 0 saturated heterocycles. The summed E-state index contributed by atoms with van der Waals surface area (Å²) in [6.07, 6.45) is 1.57. The van der Waals surface area contributed by atoms with Gasteiger partial charge < -0.3 is 0 Å². The number of aromatic nitrogens is 2. The van der Waals surface area contributed by atoms with Gasteiger partial charge in [0.1, 0.15) is 5.82 Å². The number of rotatable bonds is 1. The zero-order valence-corrected chi connectivity index (χ0v) is 7.35. The number of hydrogen-bond acceptors (Lipinski definition) is 1. The molecule has 0 spiro atoms. The van der Waals surface area contributed by atoms with Crippen molar-refractivity contribution in [3.05, 3.63) is 41.3 Å². The SMILES string of the molecule is Fc1ccc(Cl)cc1-c1ccn[nH]1. The van der Waals surface area contributed by atoms with Crippen molar-refractivity contribution in [3.63, 3.8) is 0 Å². The van der Waals surface area contributed by atoms with Crippen LogP contribution in [0.3, 0.4) is 0 Å². The Morgan fingerprint density at radius 2 is 2.15 bits per heavy atom. The number of aromatic amines is 1. The van der Waals surface area contributed by atoms with Crippen molar-refractivity contribution in [3.8, 4) is 11.3 Å². The molecule has 0 atom stereocenters. The van der Waals surface area contributed by atoms with E-state index in [0.29, 0.717) is 16.3 Å². The van der Waals surface area contributed by atoms with Gasteiger partial charge in [-0.25, -0.2) is 4.39 Å². The Balaban J connectivity index is 2.57. The summed E-state index contributed by atoms with van der Waals surface area (Å²) in [5, 5.41) is 6.91. The van der Waals surface area contributed by atoms with Crippen LogP contribution in [0.5, 0.6) is 0 Å². The van der Waals surface area contributed by atoms with E-state index in [4.69, 9.17) is 11.6 Å². The highest BCUT2D eigenvalue weighted by Gasteiger charge is 2.05. The normalized spacial score (nSPS) is 10.3. The lowest BCUT2D eigenvalue weighted by molar-refractivity contribution is 0.630. The van der Waals surface area contributed by atoms with Crippen molar-refractivity contribution in [2.45, 2.75) is 0 Å².